The molecule has 0 N–H and O–H groups in total. The highest BCUT2D eigenvalue weighted by molar-refractivity contribution is 8.01. The van der Waals surface area contributed by atoms with Gasteiger partial charge in [-0.15, -0.1) is 17.5 Å². The van der Waals surface area contributed by atoms with Gasteiger partial charge in [0.2, 0.25) is 0 Å². The summed E-state index contributed by atoms with van der Waals surface area (Å²) < 4.78 is -0.345. The highest BCUT2D eigenvalue weighted by Crippen LogP contribution is 2.20. The van der Waals surface area contributed by atoms with E-state index in [0.717, 1.165) is 5.75 Å². The first kappa shape index (κ1) is 7.09. The average Bonchev–Trinajstić information content (AvgIpc) is 1.30. The Morgan fingerprint density at radius 2 is 2.00 bits per heavy atom. The summed E-state index contributed by atoms with van der Waals surface area (Å²) in [6.07, 6.45) is 0. The van der Waals surface area contributed by atoms with Crippen molar-refractivity contribution in [2.24, 2.45) is 0 Å². The van der Waals surface area contributed by atoms with E-state index in [-0.39, 0.29) is 4.75 Å². The molecule has 0 aliphatic rings. The van der Waals surface area contributed by atoms with Crippen LogP contribution in [-0.2, 0) is 0 Å². The minimum Gasteiger partial charge on any atom is -0.333 e. The Balaban J connectivity index is 3.15. The summed E-state index contributed by atoms with van der Waals surface area (Å²) in [5.41, 5.74) is 0. The van der Waals surface area contributed by atoms with Gasteiger partial charge in [0, 0.05) is 0 Å². The summed E-state index contributed by atoms with van der Waals surface area (Å²) in [5.74, 6) is 0.788. The average molecular weight is 114 g/mol. The molecule has 0 aromatic heterocycles. The van der Waals surface area contributed by atoms with Crippen LogP contribution in [0.1, 0.15) is 0 Å². The topological polar surface area (TPSA) is 0 Å². The second-order valence-electron chi connectivity index (χ2n) is 1.53. The van der Waals surface area contributed by atoms with Gasteiger partial charge in [0.25, 0.3) is 0 Å². The summed E-state index contributed by atoms with van der Waals surface area (Å²) in [7, 11) is 0. The molecule has 0 rings (SSSR count). The normalized spacial score (nSPS) is 11.7. The van der Waals surface area contributed by atoms with Crippen LogP contribution in [-0.4, -0.2) is 10.5 Å². The number of thioether (sulfide) groups is 1. The zero-order valence-corrected chi connectivity index (χ0v) is 5.26. The van der Waals surface area contributed by atoms with Crippen molar-refractivity contribution >= 4 is 11.8 Å². The number of hydrogen-bond acceptors (Lipinski definition) is 1. The van der Waals surface area contributed by atoms with Gasteiger partial charge in [0.05, 0.1) is 13.8 Å². The van der Waals surface area contributed by atoms with Gasteiger partial charge < -0.3 is 6.92 Å². The predicted molar refractivity (Wildman–Crippen MR) is 36.6 cm³/mol. The predicted octanol–water partition coefficient (Wildman–Crippen LogP) is 1.79. The van der Waals surface area contributed by atoms with Gasteiger partial charge in [0.15, 0.2) is 4.75 Å². The van der Waals surface area contributed by atoms with E-state index in [9.17, 15) is 0 Å². The summed E-state index contributed by atoms with van der Waals surface area (Å²) in [4.78, 5) is 0. The summed E-state index contributed by atoms with van der Waals surface area (Å²) in [6, 6.07) is 0. The van der Waals surface area contributed by atoms with E-state index in [4.69, 9.17) is 0 Å². The van der Waals surface area contributed by atoms with Gasteiger partial charge >= 0.3 is 0 Å². The number of hydrogen-bond donors (Lipinski definition) is 0. The molecule has 0 saturated heterocycles. The lowest BCUT2D eigenvalue weighted by Crippen LogP contribution is -2.08. The van der Waals surface area contributed by atoms with Crippen LogP contribution in [0.15, 0.2) is 0 Å². The third kappa shape index (κ3) is 6.09. The van der Waals surface area contributed by atoms with E-state index in [2.05, 4.69) is 27.7 Å². The van der Waals surface area contributed by atoms with E-state index >= 15 is 0 Å². The second kappa shape index (κ2) is 2.41. The fourth-order valence-corrected chi connectivity index (χ4v) is 0.650. The van der Waals surface area contributed by atoms with Gasteiger partial charge in [0.1, 0.15) is 0 Å². The van der Waals surface area contributed by atoms with Crippen LogP contribution in [0.3, 0.4) is 0 Å². The Kier molecular flexibility index (Phi) is 2.44. The van der Waals surface area contributed by atoms with Crippen molar-refractivity contribution in [3.8, 4) is 0 Å². The fraction of sp³-hybridized carbons (Fsp3) is 0.333. The van der Waals surface area contributed by atoms with Crippen molar-refractivity contribution in [3.63, 3.8) is 0 Å². The lowest BCUT2D eigenvalue weighted by atomic mass is 10.3. The Morgan fingerprint density at radius 3 is 2.00 bits per heavy atom. The van der Waals surface area contributed by atoms with Gasteiger partial charge in [-0.1, -0.05) is 0 Å². The highest BCUT2D eigenvalue weighted by Gasteiger charge is 2.14. The first-order valence-corrected chi connectivity index (χ1v) is 3.04. The standard InChI is InChI=1S/C6H10S/c1-5-7-6(2,3)4/h1-5H2. The lowest BCUT2D eigenvalue weighted by molar-refractivity contribution is 1.13. The maximum Gasteiger partial charge on any atom is 0.161 e. The largest absolute Gasteiger partial charge is 0.333 e. The molecule has 0 aromatic rings. The van der Waals surface area contributed by atoms with Crippen molar-refractivity contribution < 1.29 is 0 Å². The summed E-state index contributed by atoms with van der Waals surface area (Å²) in [6.45, 7) is 14.6. The Morgan fingerprint density at radius 1 is 1.57 bits per heavy atom. The molecule has 0 heterocycles. The van der Waals surface area contributed by atoms with E-state index in [1.807, 2.05) is 0 Å². The Hall–Kier alpha value is 0.0900. The molecule has 0 bridgehead atoms. The van der Waals surface area contributed by atoms with Crippen molar-refractivity contribution in [2.45, 2.75) is 4.75 Å². The molecule has 0 fully saturated rings. The van der Waals surface area contributed by atoms with E-state index in [1.54, 1.807) is 11.8 Å². The van der Waals surface area contributed by atoms with Crippen LogP contribution in [0.5, 0.6) is 0 Å². The van der Waals surface area contributed by atoms with Crippen molar-refractivity contribution in [3.05, 3.63) is 27.7 Å². The Bertz CT molecular complexity index is 42.6. The minimum absolute atomic E-state index is 0.345. The van der Waals surface area contributed by atoms with Crippen LogP contribution in [0, 0.1) is 27.7 Å². The lowest BCUT2D eigenvalue weighted by Gasteiger charge is -2.09. The van der Waals surface area contributed by atoms with Gasteiger partial charge in [-0.25, -0.2) is 6.92 Å². The quantitative estimate of drug-likeness (QED) is 0.493. The van der Waals surface area contributed by atoms with Crippen LogP contribution in [0.4, 0.5) is 0 Å². The molecule has 0 atom stereocenters. The van der Waals surface area contributed by atoms with Crippen LogP contribution in [0.2, 0.25) is 0 Å². The van der Waals surface area contributed by atoms with Crippen LogP contribution < -0.4 is 0 Å². The maximum atomic E-state index is 3.66. The molecule has 0 saturated carbocycles. The van der Waals surface area contributed by atoms with Crippen molar-refractivity contribution in [2.75, 3.05) is 5.75 Å². The fourth-order valence-electron chi connectivity index (χ4n) is 0.217. The second-order valence-corrected chi connectivity index (χ2v) is 3.09. The number of rotatable bonds is 2. The molecule has 0 aliphatic heterocycles. The van der Waals surface area contributed by atoms with Gasteiger partial charge in [-0.2, -0.15) is 0 Å². The molecule has 40 valence electrons. The molecule has 7 heavy (non-hydrogen) atoms. The molecule has 0 aromatic carbocycles. The third-order valence-electron chi connectivity index (χ3n) is 0.408. The molecule has 0 unspecified atom stereocenters. The molecule has 0 nitrogen and oxygen atoms in total. The summed E-state index contributed by atoms with van der Waals surface area (Å²) >= 11 is 1.54. The molecule has 0 radical (unpaired) electrons. The van der Waals surface area contributed by atoms with Gasteiger partial charge in [-0.3, -0.25) is 0 Å². The minimum atomic E-state index is -0.345. The molecular formula is C6H10S. The molecule has 0 aliphatic carbocycles. The van der Waals surface area contributed by atoms with E-state index in [0.29, 0.717) is 0 Å². The molecular weight excluding hydrogens is 104 g/mol. The monoisotopic (exact) mass is 114 g/mol. The zero-order chi connectivity index (χ0) is 5.91. The van der Waals surface area contributed by atoms with E-state index < -0.39 is 0 Å². The SMILES string of the molecule is [CH2+]C([CH2+])([CH2-])SC[CH2-]. The highest BCUT2D eigenvalue weighted by atomic mass is 32.2. The molecule has 0 amide bonds. The van der Waals surface area contributed by atoms with Crippen LogP contribution in [0.25, 0.3) is 0 Å². The van der Waals surface area contributed by atoms with Crippen LogP contribution >= 0.6 is 11.8 Å². The molecule has 1 heteroatoms. The smallest absolute Gasteiger partial charge is 0.161 e. The Labute approximate surface area is 50.7 Å². The zero-order valence-electron chi connectivity index (χ0n) is 4.44. The third-order valence-corrected chi connectivity index (χ3v) is 1.22. The first-order chi connectivity index (χ1) is 3.06. The molecule has 0 spiro atoms. The maximum absolute atomic E-state index is 3.66. The van der Waals surface area contributed by atoms with E-state index in [1.165, 1.54) is 0 Å². The van der Waals surface area contributed by atoms with Crippen molar-refractivity contribution in [1.82, 2.24) is 0 Å². The summed E-state index contributed by atoms with van der Waals surface area (Å²) in [5, 5.41) is 0. The van der Waals surface area contributed by atoms with Gasteiger partial charge in [-0.05, 0) is 0 Å². The first-order valence-electron chi connectivity index (χ1n) is 2.05. The van der Waals surface area contributed by atoms with Crippen molar-refractivity contribution in [1.29, 1.82) is 0 Å².